The molecule has 3 heterocycles. The van der Waals surface area contributed by atoms with Gasteiger partial charge in [0.05, 0.1) is 29.3 Å². The number of nitrogens with two attached hydrogens (primary N) is 2. The largest absolute Gasteiger partial charge is 0.493 e. The molecule has 1 aliphatic rings. The Hall–Kier alpha value is -3.95. The van der Waals surface area contributed by atoms with Crippen LogP contribution in [0.25, 0.3) is 11.0 Å². The average Bonchev–Trinajstić information content (AvgIpc) is 3.20. The molecule has 0 spiro atoms. The number of hydrogen-bond acceptors (Lipinski definition) is 8. The minimum absolute atomic E-state index is 0.115. The van der Waals surface area contributed by atoms with Crippen LogP contribution in [0.2, 0.25) is 0 Å². The second kappa shape index (κ2) is 10.6. The van der Waals surface area contributed by atoms with Crippen LogP contribution in [0.4, 0.5) is 5.82 Å². The predicted molar refractivity (Wildman–Crippen MR) is 146 cm³/mol. The molecular formula is C27H36N8O2. The topological polar surface area (TPSA) is 138 Å². The first-order chi connectivity index (χ1) is 17.8. The van der Waals surface area contributed by atoms with Crippen molar-refractivity contribution in [2.45, 2.75) is 53.0 Å². The van der Waals surface area contributed by atoms with Crippen LogP contribution in [-0.2, 0) is 11.2 Å². The van der Waals surface area contributed by atoms with E-state index >= 15 is 0 Å². The number of fused-ring (bicyclic) bond motifs is 1. The predicted octanol–water partition coefficient (Wildman–Crippen LogP) is 3.06. The van der Waals surface area contributed by atoms with Crippen LogP contribution in [0.15, 0.2) is 29.2 Å². The van der Waals surface area contributed by atoms with Gasteiger partial charge in [0.2, 0.25) is 0 Å². The number of ether oxygens (including phenoxy) is 1. The molecule has 4 N–H and O–H groups in total. The maximum absolute atomic E-state index is 12.9. The van der Waals surface area contributed by atoms with Gasteiger partial charge in [0.25, 0.3) is 5.91 Å². The number of carbonyl (C=O) groups is 1. The Morgan fingerprint density at radius 3 is 2.65 bits per heavy atom. The summed E-state index contributed by atoms with van der Waals surface area (Å²) in [5.41, 5.74) is 18.3. The molecule has 1 saturated heterocycles. The van der Waals surface area contributed by atoms with Gasteiger partial charge in [-0.3, -0.25) is 9.79 Å². The summed E-state index contributed by atoms with van der Waals surface area (Å²) in [5, 5.41) is 5.56. The van der Waals surface area contributed by atoms with Crippen molar-refractivity contribution in [1.29, 1.82) is 0 Å². The zero-order valence-electron chi connectivity index (χ0n) is 22.4. The van der Waals surface area contributed by atoms with Crippen LogP contribution in [0.1, 0.15) is 60.7 Å². The summed E-state index contributed by atoms with van der Waals surface area (Å²) < 4.78 is 8.24. The van der Waals surface area contributed by atoms with E-state index in [1.165, 1.54) is 29.9 Å². The highest BCUT2D eigenvalue weighted by molar-refractivity contribution is 6.12. The molecule has 3 aromatic rings. The Kier molecular flexibility index (Phi) is 7.47. The van der Waals surface area contributed by atoms with Crippen molar-refractivity contribution in [3.05, 3.63) is 52.1 Å². The van der Waals surface area contributed by atoms with Crippen molar-refractivity contribution in [3.63, 3.8) is 0 Å². The second-order valence-electron chi connectivity index (χ2n) is 9.36. The van der Waals surface area contributed by atoms with Crippen molar-refractivity contribution in [3.8, 4) is 5.75 Å². The van der Waals surface area contributed by atoms with Crippen molar-refractivity contribution in [2.24, 2.45) is 10.7 Å². The molecule has 1 amide bonds. The maximum atomic E-state index is 12.9. The summed E-state index contributed by atoms with van der Waals surface area (Å²) >= 11 is 0. The highest BCUT2D eigenvalue weighted by atomic mass is 16.5. The fourth-order valence-corrected chi connectivity index (χ4v) is 5.22. The van der Waals surface area contributed by atoms with Crippen molar-refractivity contribution < 1.29 is 9.53 Å². The Balaban J connectivity index is 1.78. The lowest BCUT2D eigenvalue weighted by molar-refractivity contribution is -0.130. The van der Waals surface area contributed by atoms with Gasteiger partial charge >= 0.3 is 0 Å². The number of amides is 1. The van der Waals surface area contributed by atoms with Crippen LogP contribution in [0, 0.1) is 13.8 Å². The molecule has 10 heteroatoms. The second-order valence-corrected chi connectivity index (χ2v) is 9.36. The fourth-order valence-electron chi connectivity index (χ4n) is 5.22. The molecule has 10 nitrogen and oxygen atoms in total. The van der Waals surface area contributed by atoms with Crippen molar-refractivity contribution >= 4 is 29.0 Å². The van der Waals surface area contributed by atoms with Gasteiger partial charge in [-0.25, -0.2) is 14.6 Å². The number of aromatic nitrogens is 4. The summed E-state index contributed by atoms with van der Waals surface area (Å²) in [6.07, 6.45) is 5.15. The van der Waals surface area contributed by atoms with Gasteiger partial charge in [-0.1, -0.05) is 6.92 Å². The smallest absolute Gasteiger partial charge is 0.256 e. The molecule has 0 saturated carbocycles. The number of anilines is 1. The normalized spacial score (nSPS) is 15.4. The SMILES string of the molecule is CCOc1c(C(C)n2nc(C)c3c(N)ncnc32)cc(CC)c(C)c1C1CN(C(=O)C(C=NC)=CN)C1. The Morgan fingerprint density at radius 1 is 1.30 bits per heavy atom. The van der Waals surface area contributed by atoms with Gasteiger partial charge in [0.15, 0.2) is 5.65 Å². The molecule has 0 bridgehead atoms. The lowest BCUT2D eigenvalue weighted by Gasteiger charge is -2.41. The zero-order chi connectivity index (χ0) is 26.9. The number of likely N-dealkylation sites (tertiary alicyclic amines) is 1. The number of rotatable bonds is 8. The van der Waals surface area contributed by atoms with Crippen LogP contribution < -0.4 is 16.2 Å². The van der Waals surface area contributed by atoms with Gasteiger partial charge in [-0.2, -0.15) is 5.10 Å². The van der Waals surface area contributed by atoms with Gasteiger partial charge in [-0.15, -0.1) is 0 Å². The molecule has 2 aromatic heterocycles. The molecule has 1 aliphatic heterocycles. The van der Waals surface area contributed by atoms with Gasteiger partial charge in [-0.05, 0) is 51.3 Å². The summed E-state index contributed by atoms with van der Waals surface area (Å²) in [6.45, 7) is 12.0. The third-order valence-electron chi connectivity index (χ3n) is 7.17. The first-order valence-corrected chi connectivity index (χ1v) is 12.6. The number of aryl methyl sites for hydroxylation is 2. The number of benzene rings is 1. The third-order valence-corrected chi connectivity index (χ3v) is 7.17. The van der Waals surface area contributed by atoms with Gasteiger partial charge < -0.3 is 21.1 Å². The monoisotopic (exact) mass is 504 g/mol. The zero-order valence-corrected chi connectivity index (χ0v) is 22.4. The number of aliphatic imine (C=N–C) groups is 1. The molecule has 196 valence electrons. The third kappa shape index (κ3) is 4.52. The first kappa shape index (κ1) is 26.1. The highest BCUT2D eigenvalue weighted by Crippen LogP contribution is 2.43. The Morgan fingerprint density at radius 2 is 2.03 bits per heavy atom. The molecule has 37 heavy (non-hydrogen) atoms. The van der Waals surface area contributed by atoms with E-state index in [0.717, 1.165) is 34.4 Å². The van der Waals surface area contributed by atoms with Gasteiger partial charge in [0.1, 0.15) is 17.9 Å². The summed E-state index contributed by atoms with van der Waals surface area (Å²) in [4.78, 5) is 27.3. The molecule has 0 aliphatic carbocycles. The van der Waals surface area contributed by atoms with Crippen molar-refractivity contribution in [2.75, 3.05) is 32.5 Å². The Bertz CT molecular complexity index is 1390. The number of nitrogen functional groups attached to an aromatic ring is 1. The summed E-state index contributed by atoms with van der Waals surface area (Å²) in [5.74, 6) is 1.31. The number of nitrogens with zero attached hydrogens (tertiary/aromatic N) is 6. The molecule has 1 fully saturated rings. The average molecular weight is 505 g/mol. The van der Waals surface area contributed by atoms with E-state index in [9.17, 15) is 4.79 Å². The molecule has 1 aromatic carbocycles. The first-order valence-electron chi connectivity index (χ1n) is 12.6. The van der Waals surface area contributed by atoms with Gasteiger partial charge in [0, 0.05) is 49.6 Å². The van der Waals surface area contributed by atoms with E-state index in [0.29, 0.717) is 36.7 Å². The van der Waals surface area contributed by atoms with E-state index in [1.54, 1.807) is 11.9 Å². The molecule has 4 rings (SSSR count). The Labute approximate surface area is 217 Å². The van der Waals surface area contributed by atoms with Crippen molar-refractivity contribution in [1.82, 2.24) is 24.6 Å². The standard InChI is InChI=1S/C27H36N8O2/c1-7-18-9-21(17(5)35-26-23(16(4)33-35)25(29)31-14-32-26)24(37-8-2)22(15(18)3)20-12-34(13-20)27(36)19(10-28)11-30-6/h9-11,14,17,20H,7-8,12-13,28H2,1-6H3,(H2,29,31,32). The number of hydrogen-bond donors (Lipinski definition) is 2. The lowest BCUT2D eigenvalue weighted by atomic mass is 9.82. The molecule has 0 radical (unpaired) electrons. The minimum atomic E-state index is -0.165. The van der Waals surface area contributed by atoms with E-state index in [2.05, 4.69) is 41.8 Å². The molecule has 1 atom stereocenters. The lowest BCUT2D eigenvalue weighted by Crippen LogP contribution is -2.49. The van der Waals surface area contributed by atoms with E-state index < -0.39 is 0 Å². The minimum Gasteiger partial charge on any atom is -0.493 e. The number of carbonyl (C=O) groups excluding carboxylic acids is 1. The van der Waals surface area contributed by atoms with E-state index in [1.807, 2.05) is 18.5 Å². The summed E-state index contributed by atoms with van der Waals surface area (Å²) in [6, 6.07) is 2.05. The van der Waals surface area contributed by atoms with Crippen LogP contribution >= 0.6 is 0 Å². The molecular weight excluding hydrogens is 468 g/mol. The van der Waals surface area contributed by atoms with E-state index in [4.69, 9.17) is 21.3 Å². The highest BCUT2D eigenvalue weighted by Gasteiger charge is 2.37. The fraction of sp³-hybridized carbons (Fsp3) is 0.444. The summed E-state index contributed by atoms with van der Waals surface area (Å²) in [7, 11) is 1.62. The van der Waals surface area contributed by atoms with Crippen LogP contribution in [-0.4, -0.2) is 63.5 Å². The van der Waals surface area contributed by atoms with E-state index in [-0.39, 0.29) is 17.9 Å². The molecule has 1 unspecified atom stereocenters. The van der Waals surface area contributed by atoms with Crippen LogP contribution in [0.3, 0.4) is 0 Å². The van der Waals surface area contributed by atoms with Crippen LogP contribution in [0.5, 0.6) is 5.75 Å². The quantitative estimate of drug-likeness (QED) is 0.355. The maximum Gasteiger partial charge on any atom is 0.256 e.